The van der Waals surface area contributed by atoms with Crippen molar-refractivity contribution in [2.24, 2.45) is 0 Å². The molecule has 0 heterocycles. The summed E-state index contributed by atoms with van der Waals surface area (Å²) in [5, 5.41) is 2.64. The molecular weight excluding hydrogens is 261 g/mol. The van der Waals surface area contributed by atoms with Crippen LogP contribution in [-0.4, -0.2) is 38.7 Å². The largest absolute Gasteiger partial charge is 0.494 e. The van der Waals surface area contributed by atoms with Crippen molar-refractivity contribution < 1.29 is 18.7 Å². The van der Waals surface area contributed by atoms with E-state index in [4.69, 9.17) is 21.1 Å². The third kappa shape index (κ3) is 4.50. The standard InChI is InChI=1S/C12H15ClFNO3/c1-17-11-8-9(2-3-10(11)14)12(16)15-5-7-18-6-4-13/h2-3,8H,4-7H2,1H3,(H,15,16). The number of carbonyl (C=O) groups excluding carboxylic acids is 1. The van der Waals surface area contributed by atoms with Crippen LogP contribution in [0, 0.1) is 5.82 Å². The van der Waals surface area contributed by atoms with Gasteiger partial charge >= 0.3 is 0 Å². The second-order valence-electron chi connectivity index (χ2n) is 3.41. The molecule has 1 rings (SSSR count). The lowest BCUT2D eigenvalue weighted by molar-refractivity contribution is 0.0923. The monoisotopic (exact) mass is 275 g/mol. The zero-order valence-electron chi connectivity index (χ0n) is 10.0. The maximum Gasteiger partial charge on any atom is 0.251 e. The lowest BCUT2D eigenvalue weighted by Crippen LogP contribution is -2.27. The van der Waals surface area contributed by atoms with Crippen molar-refractivity contribution in [1.29, 1.82) is 0 Å². The Kier molecular flexibility index (Phi) is 6.46. The molecule has 4 nitrogen and oxygen atoms in total. The van der Waals surface area contributed by atoms with E-state index in [0.29, 0.717) is 31.2 Å². The predicted octanol–water partition coefficient (Wildman–Crippen LogP) is 1.82. The van der Waals surface area contributed by atoms with E-state index >= 15 is 0 Å². The van der Waals surface area contributed by atoms with Gasteiger partial charge in [-0.3, -0.25) is 4.79 Å². The van der Waals surface area contributed by atoms with E-state index in [2.05, 4.69) is 5.32 Å². The first-order valence-electron chi connectivity index (χ1n) is 5.44. The van der Waals surface area contributed by atoms with Crippen LogP contribution < -0.4 is 10.1 Å². The smallest absolute Gasteiger partial charge is 0.251 e. The molecular formula is C12H15ClFNO3. The SMILES string of the molecule is COc1cc(C(=O)NCCOCCCl)ccc1F. The molecule has 0 aliphatic rings. The summed E-state index contributed by atoms with van der Waals surface area (Å²) in [5.41, 5.74) is 0.339. The second-order valence-corrected chi connectivity index (χ2v) is 3.78. The first-order chi connectivity index (χ1) is 8.69. The molecule has 0 spiro atoms. The minimum absolute atomic E-state index is 0.0426. The van der Waals surface area contributed by atoms with E-state index in [9.17, 15) is 9.18 Å². The molecule has 0 saturated carbocycles. The average Bonchev–Trinajstić information content (AvgIpc) is 2.38. The van der Waals surface area contributed by atoms with Gasteiger partial charge in [0.05, 0.1) is 20.3 Å². The summed E-state index contributed by atoms with van der Waals surface area (Å²) in [6, 6.07) is 3.94. The number of amides is 1. The summed E-state index contributed by atoms with van der Waals surface area (Å²) in [6.45, 7) is 1.20. The average molecular weight is 276 g/mol. The van der Waals surface area contributed by atoms with Crippen LogP contribution in [0.25, 0.3) is 0 Å². The van der Waals surface area contributed by atoms with Gasteiger partial charge in [-0.1, -0.05) is 0 Å². The zero-order valence-corrected chi connectivity index (χ0v) is 10.8. The van der Waals surface area contributed by atoms with Gasteiger partial charge < -0.3 is 14.8 Å². The Labute approximate surface area is 110 Å². The molecule has 1 aromatic carbocycles. The van der Waals surface area contributed by atoms with Gasteiger partial charge in [-0.15, -0.1) is 11.6 Å². The van der Waals surface area contributed by atoms with E-state index in [1.54, 1.807) is 0 Å². The van der Waals surface area contributed by atoms with Crippen LogP contribution >= 0.6 is 11.6 Å². The fourth-order valence-electron chi connectivity index (χ4n) is 1.30. The Balaban J connectivity index is 2.46. The fourth-order valence-corrected chi connectivity index (χ4v) is 1.41. The van der Waals surface area contributed by atoms with Crippen molar-refractivity contribution in [3.8, 4) is 5.75 Å². The van der Waals surface area contributed by atoms with Crippen LogP contribution in [0.2, 0.25) is 0 Å². The van der Waals surface area contributed by atoms with Crippen LogP contribution in [-0.2, 0) is 4.74 Å². The van der Waals surface area contributed by atoms with Crippen molar-refractivity contribution >= 4 is 17.5 Å². The number of rotatable bonds is 7. The molecule has 18 heavy (non-hydrogen) atoms. The van der Waals surface area contributed by atoms with Gasteiger partial charge in [-0.25, -0.2) is 4.39 Å². The van der Waals surface area contributed by atoms with E-state index in [1.165, 1.54) is 25.3 Å². The Morgan fingerprint density at radius 3 is 2.89 bits per heavy atom. The highest BCUT2D eigenvalue weighted by Gasteiger charge is 2.09. The van der Waals surface area contributed by atoms with E-state index in [-0.39, 0.29) is 11.7 Å². The summed E-state index contributed by atoms with van der Waals surface area (Å²) < 4.78 is 23.0. The first-order valence-corrected chi connectivity index (χ1v) is 5.98. The van der Waals surface area contributed by atoms with Gasteiger partial charge in [-0.2, -0.15) is 0 Å². The zero-order chi connectivity index (χ0) is 13.4. The number of halogens is 2. The van der Waals surface area contributed by atoms with Gasteiger partial charge in [0.25, 0.3) is 5.91 Å². The summed E-state index contributed by atoms with van der Waals surface area (Å²) in [7, 11) is 1.35. The van der Waals surface area contributed by atoms with Crippen molar-refractivity contribution in [1.82, 2.24) is 5.32 Å². The van der Waals surface area contributed by atoms with Gasteiger partial charge in [-0.05, 0) is 18.2 Å². The molecule has 0 saturated heterocycles. The van der Waals surface area contributed by atoms with Crippen LogP contribution in [0.1, 0.15) is 10.4 Å². The Hall–Kier alpha value is -1.33. The number of ether oxygens (including phenoxy) is 2. The number of hydrogen-bond acceptors (Lipinski definition) is 3. The Morgan fingerprint density at radius 1 is 1.44 bits per heavy atom. The van der Waals surface area contributed by atoms with Gasteiger partial charge in [0.2, 0.25) is 0 Å². The Morgan fingerprint density at radius 2 is 2.22 bits per heavy atom. The molecule has 0 unspecified atom stereocenters. The first kappa shape index (κ1) is 14.7. The summed E-state index contributed by atoms with van der Waals surface area (Å²) in [5.74, 6) is -0.341. The van der Waals surface area contributed by atoms with Gasteiger partial charge in [0, 0.05) is 18.0 Å². The van der Waals surface area contributed by atoms with Crippen molar-refractivity contribution in [3.63, 3.8) is 0 Å². The number of alkyl halides is 1. The molecule has 0 radical (unpaired) electrons. The number of methoxy groups -OCH3 is 1. The number of nitrogens with one attached hydrogen (secondary N) is 1. The normalized spacial score (nSPS) is 10.2. The van der Waals surface area contributed by atoms with Crippen LogP contribution in [0.4, 0.5) is 4.39 Å². The van der Waals surface area contributed by atoms with Crippen LogP contribution in [0.3, 0.4) is 0 Å². The van der Waals surface area contributed by atoms with Crippen LogP contribution in [0.5, 0.6) is 5.75 Å². The number of benzene rings is 1. The summed E-state index contributed by atoms with van der Waals surface area (Å²) >= 11 is 5.43. The Bertz CT molecular complexity index is 401. The highest BCUT2D eigenvalue weighted by Crippen LogP contribution is 2.17. The molecule has 0 fully saturated rings. The van der Waals surface area contributed by atoms with Crippen LogP contribution in [0.15, 0.2) is 18.2 Å². The molecule has 0 atom stereocenters. The van der Waals surface area contributed by atoms with Crippen molar-refractivity contribution in [3.05, 3.63) is 29.6 Å². The van der Waals surface area contributed by atoms with Crippen molar-refractivity contribution in [2.45, 2.75) is 0 Å². The lowest BCUT2D eigenvalue weighted by atomic mass is 10.2. The quantitative estimate of drug-likeness (QED) is 0.610. The number of carbonyl (C=O) groups is 1. The molecule has 0 aliphatic heterocycles. The highest BCUT2D eigenvalue weighted by atomic mass is 35.5. The molecule has 6 heteroatoms. The highest BCUT2D eigenvalue weighted by molar-refractivity contribution is 6.17. The second kappa shape index (κ2) is 7.89. The number of hydrogen-bond donors (Lipinski definition) is 1. The minimum atomic E-state index is -0.500. The van der Waals surface area contributed by atoms with Gasteiger partial charge in [0.1, 0.15) is 0 Å². The van der Waals surface area contributed by atoms with Crippen molar-refractivity contribution in [2.75, 3.05) is 32.7 Å². The predicted molar refractivity (Wildman–Crippen MR) is 66.8 cm³/mol. The molecule has 100 valence electrons. The van der Waals surface area contributed by atoms with E-state index < -0.39 is 5.82 Å². The molecule has 0 aliphatic carbocycles. The summed E-state index contributed by atoms with van der Waals surface area (Å²) in [4.78, 5) is 11.7. The maximum absolute atomic E-state index is 13.1. The van der Waals surface area contributed by atoms with E-state index in [0.717, 1.165) is 0 Å². The minimum Gasteiger partial charge on any atom is -0.494 e. The molecule has 0 bridgehead atoms. The topological polar surface area (TPSA) is 47.6 Å². The van der Waals surface area contributed by atoms with E-state index in [1.807, 2.05) is 0 Å². The molecule has 1 aromatic rings. The lowest BCUT2D eigenvalue weighted by Gasteiger charge is -2.07. The molecule has 1 N–H and O–H groups in total. The third-order valence-corrected chi connectivity index (χ3v) is 2.32. The third-order valence-electron chi connectivity index (χ3n) is 2.17. The molecule has 1 amide bonds. The summed E-state index contributed by atoms with van der Waals surface area (Å²) in [6.07, 6.45) is 0. The maximum atomic E-state index is 13.1. The molecule has 0 aromatic heterocycles. The van der Waals surface area contributed by atoms with Gasteiger partial charge in [0.15, 0.2) is 11.6 Å². The fraction of sp³-hybridized carbons (Fsp3) is 0.417.